The number of fused-ring (bicyclic) bond motifs is 1. The number of methoxy groups -OCH3 is 2. The van der Waals surface area contributed by atoms with Crippen LogP contribution in [0.3, 0.4) is 0 Å². The summed E-state index contributed by atoms with van der Waals surface area (Å²) >= 11 is 0. The zero-order valence-electron chi connectivity index (χ0n) is 19.3. The molecule has 2 unspecified atom stereocenters. The first-order valence-electron chi connectivity index (χ1n) is 10.7. The van der Waals surface area contributed by atoms with Crippen molar-refractivity contribution in [2.75, 3.05) is 14.2 Å². The lowest BCUT2D eigenvalue weighted by Crippen LogP contribution is -2.31. The maximum atomic E-state index is 13.5. The van der Waals surface area contributed by atoms with E-state index in [1.165, 1.54) is 24.3 Å². The van der Waals surface area contributed by atoms with Crippen LogP contribution in [0.1, 0.15) is 29.3 Å². The molecule has 0 fully saturated rings. The number of alkyl halides is 3. The van der Waals surface area contributed by atoms with Gasteiger partial charge in [0.25, 0.3) is 5.65 Å². The minimum Gasteiger partial charge on any atom is -0.493 e. The Hall–Kier alpha value is -3.45. The summed E-state index contributed by atoms with van der Waals surface area (Å²) in [4.78, 5) is 15.9. The standard InChI is InChI=1S/C25H23F3N3O3P/c1-14-11-17-12-20(33-2)21(34-3)13-19(17)22(30-31(14)24(32)35)16-8-6-15(7-9-16)18-5-4-10-29-23(18)25(26,27)28/h4-10,12-14H,11,35H2,1-3H3. The third kappa shape index (κ3) is 4.86. The van der Waals surface area contributed by atoms with E-state index in [0.29, 0.717) is 34.8 Å². The Balaban J connectivity index is 1.85. The molecule has 0 N–H and O–H groups in total. The first-order valence-corrected chi connectivity index (χ1v) is 11.3. The Labute approximate surface area is 203 Å². The maximum absolute atomic E-state index is 13.5. The number of hydrazone groups is 1. The Morgan fingerprint density at radius 3 is 2.26 bits per heavy atom. The number of amides is 1. The summed E-state index contributed by atoms with van der Waals surface area (Å²) in [5.74, 6) is 1.05. The number of carbonyl (C=O) groups excluding carboxylic acids is 1. The van der Waals surface area contributed by atoms with Crippen LogP contribution in [-0.4, -0.2) is 41.6 Å². The summed E-state index contributed by atoms with van der Waals surface area (Å²) < 4.78 is 51.3. The van der Waals surface area contributed by atoms with Crippen LogP contribution < -0.4 is 9.47 Å². The molecular formula is C25H23F3N3O3P. The minimum atomic E-state index is -4.58. The fraction of sp³-hybridized carbons (Fsp3) is 0.240. The topological polar surface area (TPSA) is 64.0 Å². The number of hydrogen-bond acceptors (Lipinski definition) is 5. The smallest absolute Gasteiger partial charge is 0.433 e. The van der Waals surface area contributed by atoms with Gasteiger partial charge in [0.15, 0.2) is 17.2 Å². The molecule has 0 aliphatic carbocycles. The van der Waals surface area contributed by atoms with Gasteiger partial charge in [0, 0.05) is 22.9 Å². The second-order valence-corrected chi connectivity index (χ2v) is 8.52. The highest BCUT2D eigenvalue weighted by molar-refractivity contribution is 7.39. The van der Waals surface area contributed by atoms with Gasteiger partial charge in [0.2, 0.25) is 0 Å². The van der Waals surface area contributed by atoms with Crippen molar-refractivity contribution >= 4 is 20.6 Å². The number of halogens is 3. The molecule has 0 saturated carbocycles. The van der Waals surface area contributed by atoms with Crippen molar-refractivity contribution in [3.63, 3.8) is 0 Å². The van der Waals surface area contributed by atoms with Crippen LogP contribution in [0, 0.1) is 0 Å². The molecule has 2 atom stereocenters. The van der Waals surface area contributed by atoms with Crippen molar-refractivity contribution < 1.29 is 27.4 Å². The lowest BCUT2D eigenvalue weighted by Gasteiger charge is -2.21. The Kier molecular flexibility index (Phi) is 6.81. The van der Waals surface area contributed by atoms with E-state index in [2.05, 4.69) is 19.3 Å². The molecule has 35 heavy (non-hydrogen) atoms. The fourth-order valence-electron chi connectivity index (χ4n) is 4.13. The van der Waals surface area contributed by atoms with Crippen molar-refractivity contribution in [2.24, 2.45) is 5.10 Å². The van der Waals surface area contributed by atoms with Crippen molar-refractivity contribution in [1.82, 2.24) is 9.99 Å². The minimum absolute atomic E-state index is 0.0171. The van der Waals surface area contributed by atoms with Gasteiger partial charge in [0.05, 0.1) is 26.0 Å². The van der Waals surface area contributed by atoms with Crippen molar-refractivity contribution in [3.8, 4) is 22.6 Å². The SMILES string of the molecule is COc1cc2c(cc1OC)C(c1ccc(-c3cccnc3C(F)(F)F)cc1)=NN(C(=O)P)C(C)C2. The van der Waals surface area contributed by atoms with E-state index >= 15 is 0 Å². The van der Waals surface area contributed by atoms with Gasteiger partial charge in [0.1, 0.15) is 0 Å². The highest BCUT2D eigenvalue weighted by atomic mass is 31.0. The predicted molar refractivity (Wildman–Crippen MR) is 130 cm³/mol. The first-order chi connectivity index (χ1) is 16.6. The fourth-order valence-corrected chi connectivity index (χ4v) is 4.44. The summed E-state index contributed by atoms with van der Waals surface area (Å²) in [6, 6.07) is 12.8. The average molecular weight is 501 g/mol. The Morgan fingerprint density at radius 2 is 1.66 bits per heavy atom. The monoisotopic (exact) mass is 501 g/mol. The van der Waals surface area contributed by atoms with Crippen LogP contribution in [0.5, 0.6) is 11.5 Å². The van der Waals surface area contributed by atoms with Gasteiger partial charge in [-0.25, -0.2) is 5.01 Å². The number of ether oxygens (including phenoxy) is 2. The van der Waals surface area contributed by atoms with E-state index in [4.69, 9.17) is 9.47 Å². The third-order valence-corrected chi connectivity index (χ3v) is 6.04. The maximum Gasteiger partial charge on any atom is 0.433 e. The summed E-state index contributed by atoms with van der Waals surface area (Å²) in [5, 5.41) is 6.03. The summed E-state index contributed by atoms with van der Waals surface area (Å²) in [6.07, 6.45) is -2.94. The van der Waals surface area contributed by atoms with Crippen LogP contribution in [0.4, 0.5) is 18.0 Å². The number of pyridine rings is 1. The molecule has 2 aromatic carbocycles. The molecule has 2 heterocycles. The molecule has 6 nitrogen and oxygen atoms in total. The zero-order valence-corrected chi connectivity index (χ0v) is 20.4. The number of hydrogen-bond donors (Lipinski definition) is 0. The number of aromatic nitrogens is 1. The summed E-state index contributed by atoms with van der Waals surface area (Å²) in [5.41, 5.74) is 1.87. The summed E-state index contributed by atoms with van der Waals surface area (Å²) in [7, 11) is 5.21. The van der Waals surface area contributed by atoms with E-state index in [-0.39, 0.29) is 17.3 Å². The van der Waals surface area contributed by atoms with Crippen LogP contribution in [0.25, 0.3) is 11.1 Å². The predicted octanol–water partition coefficient (Wildman–Crippen LogP) is 5.78. The van der Waals surface area contributed by atoms with E-state index in [1.807, 2.05) is 13.0 Å². The van der Waals surface area contributed by atoms with Gasteiger partial charge in [-0.1, -0.05) is 30.3 Å². The van der Waals surface area contributed by atoms with E-state index in [1.54, 1.807) is 37.4 Å². The molecule has 1 aliphatic rings. The van der Waals surface area contributed by atoms with Crippen molar-refractivity contribution in [3.05, 3.63) is 77.1 Å². The molecule has 0 radical (unpaired) electrons. The quantitative estimate of drug-likeness (QED) is 0.426. The second kappa shape index (κ2) is 9.66. The number of carbonyl (C=O) groups is 1. The van der Waals surface area contributed by atoms with E-state index < -0.39 is 11.9 Å². The molecule has 4 rings (SSSR count). The molecule has 3 aromatic rings. The van der Waals surface area contributed by atoms with Crippen LogP contribution >= 0.6 is 9.24 Å². The van der Waals surface area contributed by atoms with Crippen LogP contribution in [0.2, 0.25) is 0 Å². The molecule has 1 aromatic heterocycles. The lowest BCUT2D eigenvalue weighted by molar-refractivity contribution is -0.140. The molecule has 1 amide bonds. The van der Waals surface area contributed by atoms with Gasteiger partial charge in [-0.3, -0.25) is 9.78 Å². The van der Waals surface area contributed by atoms with Gasteiger partial charge in [-0.2, -0.15) is 18.3 Å². The summed E-state index contributed by atoms with van der Waals surface area (Å²) in [6.45, 7) is 1.89. The zero-order chi connectivity index (χ0) is 25.3. The molecule has 182 valence electrons. The van der Waals surface area contributed by atoms with E-state index in [9.17, 15) is 18.0 Å². The van der Waals surface area contributed by atoms with Gasteiger partial charge in [-0.15, -0.1) is 0 Å². The van der Waals surface area contributed by atoms with Gasteiger partial charge < -0.3 is 9.47 Å². The van der Waals surface area contributed by atoms with E-state index in [0.717, 1.165) is 17.3 Å². The number of benzene rings is 2. The second-order valence-electron chi connectivity index (χ2n) is 8.02. The van der Waals surface area contributed by atoms with Crippen LogP contribution in [0.15, 0.2) is 59.8 Å². The van der Waals surface area contributed by atoms with Crippen molar-refractivity contribution in [1.29, 1.82) is 0 Å². The highest BCUT2D eigenvalue weighted by Crippen LogP contribution is 2.37. The first kappa shape index (κ1) is 24.7. The highest BCUT2D eigenvalue weighted by Gasteiger charge is 2.35. The van der Waals surface area contributed by atoms with Crippen LogP contribution in [-0.2, 0) is 12.6 Å². The lowest BCUT2D eigenvalue weighted by atomic mass is 9.93. The molecule has 0 bridgehead atoms. The Morgan fingerprint density at radius 1 is 1.03 bits per heavy atom. The Bertz CT molecular complexity index is 1290. The third-order valence-electron chi connectivity index (χ3n) is 5.78. The average Bonchev–Trinajstić information content (AvgIpc) is 2.98. The molecular weight excluding hydrogens is 478 g/mol. The largest absolute Gasteiger partial charge is 0.493 e. The molecule has 1 aliphatic heterocycles. The number of nitrogens with zero attached hydrogens (tertiary/aromatic N) is 3. The molecule has 0 spiro atoms. The van der Waals surface area contributed by atoms with Gasteiger partial charge >= 0.3 is 6.18 Å². The number of rotatable bonds is 4. The van der Waals surface area contributed by atoms with Gasteiger partial charge in [-0.05, 0) is 51.9 Å². The van der Waals surface area contributed by atoms with Crippen molar-refractivity contribution in [2.45, 2.75) is 25.6 Å². The normalized spacial score (nSPS) is 15.7. The molecule has 10 heteroatoms. The molecule has 0 saturated heterocycles.